The molecular formula is C12H13BrN2O2. The SMILES string of the molecule is CCCc1nc(-c2ccoc2C)[nH]c(=O)c1Br. The van der Waals surface area contributed by atoms with E-state index in [1.54, 1.807) is 12.3 Å². The summed E-state index contributed by atoms with van der Waals surface area (Å²) < 4.78 is 5.73. The van der Waals surface area contributed by atoms with Crippen molar-refractivity contribution in [2.75, 3.05) is 0 Å². The Morgan fingerprint density at radius 3 is 2.88 bits per heavy atom. The van der Waals surface area contributed by atoms with Crippen LogP contribution in [0.15, 0.2) is 26.0 Å². The number of aryl methyl sites for hydroxylation is 2. The number of rotatable bonds is 3. The normalized spacial score (nSPS) is 10.8. The molecule has 0 fully saturated rings. The molecule has 5 heteroatoms. The molecule has 0 aromatic carbocycles. The Kier molecular flexibility index (Phi) is 3.47. The fraction of sp³-hybridized carbons (Fsp3) is 0.333. The number of furan rings is 1. The Morgan fingerprint density at radius 2 is 2.29 bits per heavy atom. The van der Waals surface area contributed by atoms with Gasteiger partial charge in [0.2, 0.25) is 0 Å². The van der Waals surface area contributed by atoms with E-state index in [2.05, 4.69) is 32.8 Å². The summed E-state index contributed by atoms with van der Waals surface area (Å²) in [7, 11) is 0. The number of H-pyrrole nitrogens is 1. The zero-order valence-corrected chi connectivity index (χ0v) is 11.3. The third-order valence-corrected chi connectivity index (χ3v) is 3.35. The van der Waals surface area contributed by atoms with E-state index in [0.717, 1.165) is 29.9 Å². The quantitative estimate of drug-likeness (QED) is 0.947. The first-order valence-electron chi connectivity index (χ1n) is 5.46. The summed E-state index contributed by atoms with van der Waals surface area (Å²) in [6.07, 6.45) is 3.31. The molecule has 0 aliphatic carbocycles. The fourth-order valence-electron chi connectivity index (χ4n) is 1.67. The van der Waals surface area contributed by atoms with Crippen molar-refractivity contribution in [1.82, 2.24) is 9.97 Å². The maximum Gasteiger partial charge on any atom is 0.265 e. The van der Waals surface area contributed by atoms with E-state index >= 15 is 0 Å². The highest BCUT2D eigenvalue weighted by Crippen LogP contribution is 2.21. The second kappa shape index (κ2) is 4.87. The highest BCUT2D eigenvalue weighted by atomic mass is 79.9. The van der Waals surface area contributed by atoms with E-state index in [-0.39, 0.29) is 5.56 Å². The molecule has 0 saturated heterocycles. The minimum Gasteiger partial charge on any atom is -0.469 e. The van der Waals surface area contributed by atoms with E-state index < -0.39 is 0 Å². The van der Waals surface area contributed by atoms with Gasteiger partial charge >= 0.3 is 0 Å². The number of nitrogens with one attached hydrogen (secondary N) is 1. The number of halogens is 1. The van der Waals surface area contributed by atoms with Crippen LogP contribution in [0.2, 0.25) is 0 Å². The summed E-state index contributed by atoms with van der Waals surface area (Å²) >= 11 is 3.27. The molecule has 4 nitrogen and oxygen atoms in total. The summed E-state index contributed by atoms with van der Waals surface area (Å²) in [6.45, 7) is 3.90. The van der Waals surface area contributed by atoms with Crippen LogP contribution in [0.4, 0.5) is 0 Å². The molecule has 1 N–H and O–H groups in total. The Morgan fingerprint density at radius 1 is 1.53 bits per heavy atom. The molecule has 0 aliphatic rings. The predicted molar refractivity (Wildman–Crippen MR) is 69.0 cm³/mol. The summed E-state index contributed by atoms with van der Waals surface area (Å²) in [5.74, 6) is 1.31. The molecule has 0 bridgehead atoms. The Hall–Kier alpha value is -1.36. The predicted octanol–water partition coefficient (Wildman–Crippen LogP) is 3.05. The van der Waals surface area contributed by atoms with Crippen LogP contribution in [0.25, 0.3) is 11.4 Å². The Labute approximate surface area is 107 Å². The molecule has 0 amide bonds. The van der Waals surface area contributed by atoms with Gasteiger partial charge in [-0.05, 0) is 35.3 Å². The van der Waals surface area contributed by atoms with Crippen molar-refractivity contribution in [3.63, 3.8) is 0 Å². The van der Waals surface area contributed by atoms with Crippen molar-refractivity contribution in [2.45, 2.75) is 26.7 Å². The van der Waals surface area contributed by atoms with Crippen molar-refractivity contribution in [1.29, 1.82) is 0 Å². The van der Waals surface area contributed by atoms with Gasteiger partial charge in [-0.15, -0.1) is 0 Å². The van der Waals surface area contributed by atoms with Gasteiger partial charge in [-0.3, -0.25) is 4.79 Å². The van der Waals surface area contributed by atoms with Gasteiger partial charge in [0.1, 0.15) is 16.1 Å². The van der Waals surface area contributed by atoms with E-state index in [1.165, 1.54) is 0 Å². The molecule has 0 atom stereocenters. The van der Waals surface area contributed by atoms with Crippen LogP contribution in [0.1, 0.15) is 24.8 Å². The first-order valence-corrected chi connectivity index (χ1v) is 6.26. The van der Waals surface area contributed by atoms with Crippen LogP contribution in [-0.4, -0.2) is 9.97 Å². The summed E-state index contributed by atoms with van der Waals surface area (Å²) in [5.41, 5.74) is 1.46. The van der Waals surface area contributed by atoms with Crippen LogP contribution in [0.3, 0.4) is 0 Å². The molecular weight excluding hydrogens is 284 g/mol. The molecule has 0 radical (unpaired) electrons. The first-order chi connectivity index (χ1) is 8.13. The monoisotopic (exact) mass is 296 g/mol. The van der Waals surface area contributed by atoms with Gasteiger partial charge < -0.3 is 9.40 Å². The van der Waals surface area contributed by atoms with Crippen LogP contribution >= 0.6 is 15.9 Å². The largest absolute Gasteiger partial charge is 0.469 e. The highest BCUT2D eigenvalue weighted by molar-refractivity contribution is 9.10. The molecule has 90 valence electrons. The third-order valence-electron chi connectivity index (χ3n) is 2.53. The zero-order chi connectivity index (χ0) is 12.4. The van der Waals surface area contributed by atoms with Gasteiger partial charge in [-0.25, -0.2) is 4.98 Å². The molecule has 0 spiro atoms. The van der Waals surface area contributed by atoms with Crippen LogP contribution in [0.5, 0.6) is 0 Å². The summed E-state index contributed by atoms with van der Waals surface area (Å²) in [5, 5.41) is 0. The number of hydrogen-bond acceptors (Lipinski definition) is 3. The van der Waals surface area contributed by atoms with Crippen molar-refractivity contribution >= 4 is 15.9 Å². The summed E-state index contributed by atoms with van der Waals surface area (Å²) in [6, 6.07) is 1.80. The van der Waals surface area contributed by atoms with Crippen LogP contribution in [0, 0.1) is 6.92 Å². The van der Waals surface area contributed by atoms with Crippen LogP contribution in [-0.2, 0) is 6.42 Å². The molecule has 2 rings (SSSR count). The fourth-order valence-corrected chi connectivity index (χ4v) is 2.05. The van der Waals surface area contributed by atoms with Crippen molar-refractivity contribution < 1.29 is 4.42 Å². The zero-order valence-electron chi connectivity index (χ0n) is 9.71. The highest BCUT2D eigenvalue weighted by Gasteiger charge is 2.12. The van der Waals surface area contributed by atoms with Gasteiger partial charge in [-0.2, -0.15) is 0 Å². The van der Waals surface area contributed by atoms with Crippen molar-refractivity contribution in [3.8, 4) is 11.4 Å². The topological polar surface area (TPSA) is 58.9 Å². The molecule has 17 heavy (non-hydrogen) atoms. The Bertz CT molecular complexity index is 586. The molecule has 2 heterocycles. The Balaban J connectivity index is 2.57. The number of nitrogens with zero attached hydrogens (tertiary/aromatic N) is 1. The maximum absolute atomic E-state index is 11.8. The van der Waals surface area contributed by atoms with E-state index in [1.807, 2.05) is 6.92 Å². The standard InChI is InChI=1S/C12H13BrN2O2/c1-3-4-9-10(13)12(16)15-11(14-9)8-5-6-17-7(8)2/h5-6H,3-4H2,1-2H3,(H,14,15,16). The number of aromatic amines is 1. The first kappa shape index (κ1) is 12.1. The third kappa shape index (κ3) is 2.34. The van der Waals surface area contributed by atoms with Gasteiger partial charge in [-0.1, -0.05) is 13.3 Å². The van der Waals surface area contributed by atoms with Crippen LogP contribution < -0.4 is 5.56 Å². The van der Waals surface area contributed by atoms with Crippen molar-refractivity contribution in [3.05, 3.63) is 38.6 Å². The van der Waals surface area contributed by atoms with Gasteiger partial charge in [0, 0.05) is 0 Å². The minimum atomic E-state index is -0.154. The van der Waals surface area contributed by atoms with E-state index in [9.17, 15) is 4.79 Å². The average molecular weight is 297 g/mol. The van der Waals surface area contributed by atoms with Gasteiger partial charge in [0.15, 0.2) is 0 Å². The lowest BCUT2D eigenvalue weighted by Gasteiger charge is -2.04. The number of hydrogen-bond donors (Lipinski definition) is 1. The minimum absolute atomic E-state index is 0.154. The lowest BCUT2D eigenvalue weighted by Crippen LogP contribution is -2.13. The molecule has 0 unspecified atom stereocenters. The smallest absolute Gasteiger partial charge is 0.265 e. The van der Waals surface area contributed by atoms with Gasteiger partial charge in [0.25, 0.3) is 5.56 Å². The molecule has 2 aromatic heterocycles. The summed E-state index contributed by atoms with van der Waals surface area (Å²) in [4.78, 5) is 19.0. The molecule has 0 saturated carbocycles. The average Bonchev–Trinajstić information content (AvgIpc) is 2.71. The lowest BCUT2D eigenvalue weighted by atomic mass is 10.2. The van der Waals surface area contributed by atoms with Gasteiger partial charge in [0.05, 0.1) is 17.5 Å². The van der Waals surface area contributed by atoms with Crippen molar-refractivity contribution in [2.24, 2.45) is 0 Å². The molecule has 0 aliphatic heterocycles. The maximum atomic E-state index is 11.8. The second-order valence-corrected chi connectivity index (χ2v) is 4.61. The van der Waals surface area contributed by atoms with E-state index in [4.69, 9.17) is 4.42 Å². The number of aromatic nitrogens is 2. The lowest BCUT2D eigenvalue weighted by molar-refractivity contribution is 0.535. The van der Waals surface area contributed by atoms with E-state index in [0.29, 0.717) is 10.3 Å². The second-order valence-electron chi connectivity index (χ2n) is 3.82. The molecule has 2 aromatic rings.